The van der Waals surface area contributed by atoms with E-state index in [4.69, 9.17) is 28.5 Å². The number of nitriles is 1. The second-order valence-corrected chi connectivity index (χ2v) is 5.02. The number of thioether (sulfide) groups is 1. The highest BCUT2D eigenvalue weighted by Crippen LogP contribution is 2.29. The van der Waals surface area contributed by atoms with Gasteiger partial charge < -0.3 is 0 Å². The molecule has 0 radical (unpaired) electrons. The van der Waals surface area contributed by atoms with Gasteiger partial charge >= 0.3 is 0 Å². The van der Waals surface area contributed by atoms with E-state index >= 15 is 0 Å². The van der Waals surface area contributed by atoms with Crippen molar-refractivity contribution in [2.45, 2.75) is 19.3 Å². The van der Waals surface area contributed by atoms with E-state index in [1.165, 1.54) is 11.8 Å². The van der Waals surface area contributed by atoms with E-state index in [9.17, 15) is 0 Å². The topological polar surface area (TPSA) is 23.8 Å². The second-order valence-electron chi connectivity index (χ2n) is 3.30. The lowest BCUT2D eigenvalue weighted by molar-refractivity contribution is 0.742. The van der Waals surface area contributed by atoms with Crippen LogP contribution in [-0.2, 0) is 0 Å². The lowest BCUT2D eigenvalue weighted by Crippen LogP contribution is -1.96. The van der Waals surface area contributed by atoms with Gasteiger partial charge in [0, 0.05) is 15.8 Å². The van der Waals surface area contributed by atoms with Crippen LogP contribution in [0.15, 0.2) is 18.2 Å². The molecule has 0 aliphatic carbocycles. The van der Waals surface area contributed by atoms with Crippen LogP contribution >= 0.6 is 35.0 Å². The maximum atomic E-state index is 8.41. The molecule has 1 aromatic rings. The number of thiocyanates is 1. The number of nitrogens with zero attached hydrogens (tertiary/aromatic N) is 1. The molecule has 0 amide bonds. The Balaban J connectivity index is 2.66. The van der Waals surface area contributed by atoms with Gasteiger partial charge in [0.15, 0.2) is 0 Å². The summed E-state index contributed by atoms with van der Waals surface area (Å²) >= 11 is 13.2. The smallest absolute Gasteiger partial charge is 0.133 e. The molecular formula is C11H11Cl2NS. The summed E-state index contributed by atoms with van der Waals surface area (Å²) < 4.78 is 0. The average Bonchev–Trinajstić information content (AvgIpc) is 2.17. The Morgan fingerprint density at radius 2 is 2.20 bits per heavy atom. The standard InChI is InChI=1S/C11H11Cl2NS/c1-8(4-5-15-7-14)10-3-2-9(12)6-11(10)13/h2-3,6,8H,4-5H2,1H3. The van der Waals surface area contributed by atoms with Crippen molar-refractivity contribution in [3.63, 3.8) is 0 Å². The van der Waals surface area contributed by atoms with Gasteiger partial charge in [0.25, 0.3) is 0 Å². The molecule has 0 spiro atoms. The first-order valence-electron chi connectivity index (χ1n) is 4.61. The second kappa shape index (κ2) is 6.27. The molecule has 0 aliphatic rings. The fraction of sp³-hybridized carbons (Fsp3) is 0.364. The molecule has 0 aromatic heterocycles. The van der Waals surface area contributed by atoms with Crippen molar-refractivity contribution in [1.82, 2.24) is 0 Å². The van der Waals surface area contributed by atoms with Gasteiger partial charge in [-0.25, -0.2) is 0 Å². The molecule has 1 aromatic carbocycles. The van der Waals surface area contributed by atoms with Crippen molar-refractivity contribution in [2.75, 3.05) is 5.75 Å². The fourth-order valence-corrected chi connectivity index (χ4v) is 2.50. The summed E-state index contributed by atoms with van der Waals surface area (Å²) in [5, 5.41) is 11.8. The van der Waals surface area contributed by atoms with Crippen LogP contribution in [0.4, 0.5) is 0 Å². The maximum Gasteiger partial charge on any atom is 0.133 e. The molecule has 0 saturated heterocycles. The maximum absolute atomic E-state index is 8.41. The fourth-order valence-electron chi connectivity index (χ4n) is 1.34. The number of rotatable bonds is 4. The van der Waals surface area contributed by atoms with Crippen molar-refractivity contribution < 1.29 is 0 Å². The molecule has 80 valence electrons. The van der Waals surface area contributed by atoms with Gasteiger partial charge in [-0.2, -0.15) is 5.26 Å². The minimum atomic E-state index is 0.357. The van der Waals surface area contributed by atoms with Gasteiger partial charge in [0.2, 0.25) is 0 Å². The first kappa shape index (κ1) is 12.7. The minimum Gasteiger partial charge on any atom is -0.185 e. The summed E-state index contributed by atoms with van der Waals surface area (Å²) in [6.45, 7) is 2.10. The molecule has 15 heavy (non-hydrogen) atoms. The van der Waals surface area contributed by atoms with Crippen molar-refractivity contribution >= 4 is 35.0 Å². The Bertz CT molecular complexity index is 373. The summed E-state index contributed by atoms with van der Waals surface area (Å²) in [7, 11) is 0. The largest absolute Gasteiger partial charge is 0.185 e. The van der Waals surface area contributed by atoms with Crippen molar-refractivity contribution in [1.29, 1.82) is 5.26 Å². The summed E-state index contributed by atoms with van der Waals surface area (Å²) in [5.74, 6) is 1.19. The predicted octanol–water partition coefficient (Wildman–Crippen LogP) is 4.70. The highest BCUT2D eigenvalue weighted by atomic mass is 35.5. The number of benzene rings is 1. The van der Waals surface area contributed by atoms with Crippen LogP contribution in [0.2, 0.25) is 10.0 Å². The SMILES string of the molecule is CC(CCSC#N)c1ccc(Cl)cc1Cl. The average molecular weight is 260 g/mol. The van der Waals surface area contributed by atoms with E-state index in [1.807, 2.05) is 12.1 Å². The summed E-state index contributed by atoms with van der Waals surface area (Å²) in [6.07, 6.45) is 0.944. The van der Waals surface area contributed by atoms with E-state index in [2.05, 4.69) is 12.3 Å². The molecule has 1 atom stereocenters. The van der Waals surface area contributed by atoms with Gasteiger partial charge in [-0.3, -0.25) is 0 Å². The van der Waals surface area contributed by atoms with E-state index in [0.717, 1.165) is 17.7 Å². The Morgan fingerprint density at radius 1 is 1.47 bits per heavy atom. The van der Waals surface area contributed by atoms with Gasteiger partial charge in [-0.15, -0.1) is 0 Å². The van der Waals surface area contributed by atoms with E-state index in [1.54, 1.807) is 6.07 Å². The Hall–Kier alpha value is -0.360. The Morgan fingerprint density at radius 3 is 2.80 bits per heavy atom. The van der Waals surface area contributed by atoms with Crippen LogP contribution in [0.5, 0.6) is 0 Å². The lowest BCUT2D eigenvalue weighted by Gasteiger charge is -2.12. The van der Waals surface area contributed by atoms with Crippen molar-refractivity contribution in [2.24, 2.45) is 0 Å². The Labute approximate surface area is 104 Å². The van der Waals surface area contributed by atoms with Crippen LogP contribution in [0.3, 0.4) is 0 Å². The monoisotopic (exact) mass is 259 g/mol. The third-order valence-corrected chi connectivity index (χ3v) is 3.34. The first-order chi connectivity index (χ1) is 7.15. The molecule has 1 rings (SSSR count). The first-order valence-corrected chi connectivity index (χ1v) is 6.35. The zero-order valence-corrected chi connectivity index (χ0v) is 10.7. The van der Waals surface area contributed by atoms with Crippen LogP contribution in [0.25, 0.3) is 0 Å². The van der Waals surface area contributed by atoms with Crippen LogP contribution in [-0.4, -0.2) is 5.75 Å². The van der Waals surface area contributed by atoms with E-state index < -0.39 is 0 Å². The zero-order valence-electron chi connectivity index (χ0n) is 8.34. The number of halogens is 2. The Kier molecular flexibility index (Phi) is 5.31. The minimum absolute atomic E-state index is 0.357. The lowest BCUT2D eigenvalue weighted by atomic mass is 9.99. The summed E-state index contributed by atoms with van der Waals surface area (Å²) in [4.78, 5) is 0. The summed E-state index contributed by atoms with van der Waals surface area (Å²) in [6, 6.07) is 5.55. The van der Waals surface area contributed by atoms with Crippen LogP contribution in [0, 0.1) is 10.7 Å². The third-order valence-electron chi connectivity index (χ3n) is 2.21. The van der Waals surface area contributed by atoms with Gasteiger partial charge in [-0.1, -0.05) is 36.2 Å². The quantitative estimate of drug-likeness (QED) is 0.578. The molecule has 0 aliphatic heterocycles. The number of hydrogen-bond acceptors (Lipinski definition) is 2. The zero-order chi connectivity index (χ0) is 11.3. The van der Waals surface area contributed by atoms with Crippen molar-refractivity contribution in [3.8, 4) is 5.40 Å². The highest BCUT2D eigenvalue weighted by Gasteiger charge is 2.09. The van der Waals surface area contributed by atoms with Crippen LogP contribution in [0.1, 0.15) is 24.8 Å². The molecule has 1 unspecified atom stereocenters. The molecule has 0 N–H and O–H groups in total. The van der Waals surface area contributed by atoms with Gasteiger partial charge in [0.1, 0.15) is 5.40 Å². The molecule has 0 heterocycles. The van der Waals surface area contributed by atoms with Crippen molar-refractivity contribution in [3.05, 3.63) is 33.8 Å². The van der Waals surface area contributed by atoms with Gasteiger partial charge in [-0.05, 0) is 41.8 Å². The predicted molar refractivity (Wildman–Crippen MR) is 67.6 cm³/mol. The van der Waals surface area contributed by atoms with E-state index in [-0.39, 0.29) is 0 Å². The normalized spacial score (nSPS) is 12.1. The summed E-state index contributed by atoms with van der Waals surface area (Å²) in [5.41, 5.74) is 1.10. The molecule has 0 saturated carbocycles. The molecular weight excluding hydrogens is 249 g/mol. The van der Waals surface area contributed by atoms with E-state index in [0.29, 0.717) is 16.0 Å². The number of hydrogen-bond donors (Lipinski definition) is 0. The van der Waals surface area contributed by atoms with Gasteiger partial charge in [0.05, 0.1) is 0 Å². The molecule has 4 heteroatoms. The molecule has 0 bridgehead atoms. The molecule has 1 nitrogen and oxygen atoms in total. The third kappa shape index (κ3) is 3.95. The highest BCUT2D eigenvalue weighted by molar-refractivity contribution is 8.03. The molecule has 0 fully saturated rings. The van der Waals surface area contributed by atoms with Crippen LogP contribution < -0.4 is 0 Å².